The molecule has 0 spiro atoms. The average Bonchev–Trinajstić information content (AvgIpc) is 2.68. The first-order valence-electron chi connectivity index (χ1n) is 9.51. The van der Waals surface area contributed by atoms with Crippen molar-refractivity contribution in [2.75, 3.05) is 39.3 Å². The molecule has 0 bridgehead atoms. The van der Waals surface area contributed by atoms with Gasteiger partial charge in [-0.05, 0) is 38.3 Å². The van der Waals surface area contributed by atoms with Gasteiger partial charge in [0.25, 0.3) is 11.6 Å². The van der Waals surface area contributed by atoms with Gasteiger partial charge in [-0.3, -0.25) is 24.6 Å². The van der Waals surface area contributed by atoms with Crippen LogP contribution in [0.25, 0.3) is 0 Å². The number of carbonyl (C=O) groups is 2. The zero-order valence-electron chi connectivity index (χ0n) is 15.7. The highest BCUT2D eigenvalue weighted by molar-refractivity contribution is 5.94. The summed E-state index contributed by atoms with van der Waals surface area (Å²) in [6, 6.07) is 6.00. The molecular weight excluding hydrogens is 348 g/mol. The molecule has 2 aliphatic heterocycles. The monoisotopic (exact) mass is 374 g/mol. The number of nitrogens with zero attached hydrogens (tertiary/aromatic N) is 4. The second-order valence-corrected chi connectivity index (χ2v) is 7.30. The molecule has 1 aromatic carbocycles. The largest absolute Gasteiger partial charge is 0.339 e. The van der Waals surface area contributed by atoms with Crippen LogP contribution in [0.5, 0.6) is 0 Å². The predicted molar refractivity (Wildman–Crippen MR) is 100 cm³/mol. The second kappa shape index (κ2) is 8.47. The van der Waals surface area contributed by atoms with Crippen LogP contribution in [0, 0.1) is 10.1 Å². The lowest BCUT2D eigenvalue weighted by molar-refractivity contribution is -0.384. The molecule has 0 radical (unpaired) electrons. The fraction of sp³-hybridized carbons (Fsp3) is 0.579. The number of hydrogen-bond donors (Lipinski definition) is 0. The van der Waals surface area contributed by atoms with Crippen molar-refractivity contribution < 1.29 is 14.5 Å². The van der Waals surface area contributed by atoms with Crippen molar-refractivity contribution in [3.63, 3.8) is 0 Å². The van der Waals surface area contributed by atoms with Crippen molar-refractivity contribution in [2.45, 2.75) is 32.2 Å². The minimum atomic E-state index is -0.479. The normalized spacial score (nSPS) is 21.1. The summed E-state index contributed by atoms with van der Waals surface area (Å²) in [5.41, 5.74) is 0.425. The molecule has 8 nitrogen and oxygen atoms in total. The number of rotatable bonds is 4. The van der Waals surface area contributed by atoms with Gasteiger partial charge in [0.1, 0.15) is 0 Å². The lowest BCUT2D eigenvalue weighted by Gasteiger charge is -2.38. The number of carbonyl (C=O) groups excluding carboxylic acids is 2. The van der Waals surface area contributed by atoms with Gasteiger partial charge >= 0.3 is 0 Å². The number of non-ortho nitro benzene ring substituents is 1. The summed E-state index contributed by atoms with van der Waals surface area (Å²) in [5.74, 6) is 0.0536. The number of piperazine rings is 1. The number of nitro benzene ring substituents is 1. The van der Waals surface area contributed by atoms with E-state index in [9.17, 15) is 19.7 Å². The lowest BCUT2D eigenvalue weighted by Crippen LogP contribution is -2.53. The molecule has 0 saturated carbocycles. The molecule has 1 unspecified atom stereocenters. The second-order valence-electron chi connectivity index (χ2n) is 7.30. The van der Waals surface area contributed by atoms with E-state index in [2.05, 4.69) is 11.8 Å². The molecule has 0 aliphatic carbocycles. The number of likely N-dealkylation sites (tertiary alicyclic amines) is 1. The van der Waals surface area contributed by atoms with Crippen LogP contribution in [0.2, 0.25) is 0 Å². The molecule has 0 N–H and O–H groups in total. The van der Waals surface area contributed by atoms with E-state index < -0.39 is 4.92 Å². The Kier molecular flexibility index (Phi) is 6.05. The molecule has 3 rings (SSSR count). The smallest absolute Gasteiger partial charge is 0.269 e. The van der Waals surface area contributed by atoms with Crippen LogP contribution >= 0.6 is 0 Å². The summed E-state index contributed by atoms with van der Waals surface area (Å²) < 4.78 is 0. The Hall–Kier alpha value is -2.48. The van der Waals surface area contributed by atoms with Gasteiger partial charge in [-0.15, -0.1) is 0 Å². The van der Waals surface area contributed by atoms with Crippen LogP contribution in [-0.4, -0.2) is 76.7 Å². The van der Waals surface area contributed by atoms with Crippen LogP contribution in [0.15, 0.2) is 24.3 Å². The van der Waals surface area contributed by atoms with E-state index in [1.165, 1.54) is 30.7 Å². The van der Waals surface area contributed by atoms with E-state index in [1.807, 2.05) is 4.90 Å². The zero-order chi connectivity index (χ0) is 19.4. The maximum absolute atomic E-state index is 12.6. The van der Waals surface area contributed by atoms with Crippen molar-refractivity contribution in [3.05, 3.63) is 39.9 Å². The topological polar surface area (TPSA) is 87.0 Å². The molecule has 2 fully saturated rings. The maximum Gasteiger partial charge on any atom is 0.269 e. The van der Waals surface area contributed by atoms with Crippen molar-refractivity contribution in [3.8, 4) is 0 Å². The summed E-state index contributed by atoms with van der Waals surface area (Å²) in [7, 11) is 0. The van der Waals surface area contributed by atoms with E-state index in [-0.39, 0.29) is 17.5 Å². The number of nitro groups is 1. The fourth-order valence-electron chi connectivity index (χ4n) is 3.77. The van der Waals surface area contributed by atoms with Crippen molar-refractivity contribution >= 4 is 17.5 Å². The highest BCUT2D eigenvalue weighted by atomic mass is 16.6. The first-order valence-corrected chi connectivity index (χ1v) is 9.51. The van der Waals surface area contributed by atoms with E-state index >= 15 is 0 Å². The Morgan fingerprint density at radius 1 is 1.07 bits per heavy atom. The van der Waals surface area contributed by atoms with Crippen LogP contribution in [0.1, 0.15) is 36.5 Å². The molecule has 0 aromatic heterocycles. The average molecular weight is 374 g/mol. The molecule has 8 heteroatoms. The number of amides is 2. The first kappa shape index (κ1) is 19.3. The Bertz CT molecular complexity index is 698. The molecule has 2 amide bonds. The SMILES string of the molecule is CC1CCCCN1C(=O)CN1CCN(C(=O)c2ccc([N+](=O)[O-])cc2)CC1. The van der Waals surface area contributed by atoms with Crippen molar-refractivity contribution in [2.24, 2.45) is 0 Å². The predicted octanol–water partition coefficient (Wildman–Crippen LogP) is 1.75. The van der Waals surface area contributed by atoms with E-state index in [4.69, 9.17) is 0 Å². The van der Waals surface area contributed by atoms with Gasteiger partial charge in [-0.2, -0.15) is 0 Å². The Morgan fingerprint density at radius 2 is 1.74 bits per heavy atom. The number of hydrogen-bond acceptors (Lipinski definition) is 5. The third-order valence-electron chi connectivity index (χ3n) is 5.47. The third kappa shape index (κ3) is 4.63. The molecule has 2 aliphatic rings. The summed E-state index contributed by atoms with van der Waals surface area (Å²) in [4.78, 5) is 41.2. The van der Waals surface area contributed by atoms with Gasteiger partial charge < -0.3 is 9.80 Å². The van der Waals surface area contributed by atoms with Crippen molar-refractivity contribution in [1.82, 2.24) is 14.7 Å². The van der Waals surface area contributed by atoms with E-state index in [0.717, 1.165) is 19.4 Å². The lowest BCUT2D eigenvalue weighted by atomic mass is 10.0. The quantitative estimate of drug-likeness (QED) is 0.592. The zero-order valence-corrected chi connectivity index (χ0v) is 15.7. The van der Waals surface area contributed by atoms with Gasteiger partial charge in [0.05, 0.1) is 11.5 Å². The summed E-state index contributed by atoms with van der Waals surface area (Å²) in [6.07, 6.45) is 3.34. The number of benzene rings is 1. The molecule has 1 atom stereocenters. The Labute approximate surface area is 158 Å². The van der Waals surface area contributed by atoms with Crippen LogP contribution in [0.4, 0.5) is 5.69 Å². The molecule has 2 heterocycles. The molecule has 27 heavy (non-hydrogen) atoms. The summed E-state index contributed by atoms with van der Waals surface area (Å²) >= 11 is 0. The fourth-order valence-corrected chi connectivity index (χ4v) is 3.77. The molecular formula is C19H26N4O4. The number of piperidine rings is 1. The maximum atomic E-state index is 12.6. The van der Waals surface area contributed by atoms with Crippen LogP contribution in [-0.2, 0) is 4.79 Å². The summed E-state index contributed by atoms with van der Waals surface area (Å²) in [6.45, 7) is 5.79. The van der Waals surface area contributed by atoms with Crippen LogP contribution in [0.3, 0.4) is 0 Å². The van der Waals surface area contributed by atoms with E-state index in [0.29, 0.717) is 44.3 Å². The molecule has 146 valence electrons. The third-order valence-corrected chi connectivity index (χ3v) is 5.47. The highest BCUT2D eigenvalue weighted by Gasteiger charge is 2.27. The van der Waals surface area contributed by atoms with Gasteiger partial charge in [-0.25, -0.2) is 0 Å². The van der Waals surface area contributed by atoms with Crippen molar-refractivity contribution in [1.29, 1.82) is 0 Å². The standard InChI is InChI=1S/C19H26N4O4/c1-15-4-2-3-9-22(15)18(24)14-20-10-12-21(13-11-20)19(25)16-5-7-17(8-6-16)23(26)27/h5-8,15H,2-4,9-14H2,1H3. The van der Waals surface area contributed by atoms with Crippen LogP contribution < -0.4 is 0 Å². The minimum absolute atomic E-state index is 0.0261. The molecule has 2 saturated heterocycles. The highest BCUT2D eigenvalue weighted by Crippen LogP contribution is 2.18. The Morgan fingerprint density at radius 3 is 2.33 bits per heavy atom. The van der Waals surface area contributed by atoms with E-state index in [1.54, 1.807) is 4.90 Å². The minimum Gasteiger partial charge on any atom is -0.339 e. The van der Waals surface area contributed by atoms with Gasteiger partial charge in [0.2, 0.25) is 5.91 Å². The summed E-state index contributed by atoms with van der Waals surface area (Å²) in [5, 5.41) is 10.7. The molecule has 1 aromatic rings. The van der Waals surface area contributed by atoms with Gasteiger partial charge in [0.15, 0.2) is 0 Å². The van der Waals surface area contributed by atoms with Gasteiger partial charge in [-0.1, -0.05) is 0 Å². The first-order chi connectivity index (χ1) is 13.0. The van der Waals surface area contributed by atoms with Gasteiger partial charge in [0, 0.05) is 56.5 Å². The Balaban J connectivity index is 1.50.